The van der Waals surface area contributed by atoms with E-state index in [0.717, 1.165) is 22.6 Å². The van der Waals surface area contributed by atoms with Crippen LogP contribution in [0.1, 0.15) is 20.8 Å². The molecule has 35 heavy (non-hydrogen) atoms. The number of nitrogens with zero attached hydrogens (tertiary/aromatic N) is 3. The quantitative estimate of drug-likeness (QED) is 0.258. The third kappa shape index (κ3) is 6.22. The molecule has 0 atom stereocenters. The van der Waals surface area contributed by atoms with E-state index in [1.54, 1.807) is 4.90 Å². The molecule has 0 aliphatic rings. The topological polar surface area (TPSA) is 80.5 Å². The molecule has 0 saturated carbocycles. The zero-order chi connectivity index (χ0) is 24.6. The summed E-state index contributed by atoms with van der Waals surface area (Å²) in [5, 5.41) is 11.9. The van der Waals surface area contributed by atoms with Crippen LogP contribution in [0.25, 0.3) is 11.5 Å². The van der Waals surface area contributed by atoms with E-state index in [0.29, 0.717) is 23.5 Å². The molecular weight excluding hydrogens is 460 g/mol. The molecule has 180 valence electrons. The number of aromatic nitrogens is 2. The van der Waals surface area contributed by atoms with Crippen LogP contribution in [0.5, 0.6) is 5.75 Å². The van der Waals surface area contributed by atoms with Gasteiger partial charge < -0.3 is 19.4 Å². The van der Waals surface area contributed by atoms with E-state index in [2.05, 4.69) is 15.5 Å². The maximum atomic E-state index is 13.1. The van der Waals surface area contributed by atoms with Crippen LogP contribution in [0.4, 0.5) is 17.1 Å². The fourth-order valence-electron chi connectivity index (χ4n) is 3.62. The SMILES string of the molecule is CCOc1ccccc1-c1nnc(SCC(=O)N(c2ccc(Nc3ccccc3)cc2)C(C)C)o1. The Kier molecular flexibility index (Phi) is 8.05. The average Bonchev–Trinajstić information content (AvgIpc) is 3.34. The Morgan fingerprint density at radius 3 is 2.37 bits per heavy atom. The molecule has 8 heteroatoms. The second kappa shape index (κ2) is 11.6. The Hall–Kier alpha value is -3.78. The van der Waals surface area contributed by atoms with Gasteiger partial charge in [-0.15, -0.1) is 10.2 Å². The normalized spacial score (nSPS) is 10.9. The molecule has 0 unspecified atom stereocenters. The molecule has 0 bridgehead atoms. The first-order chi connectivity index (χ1) is 17.0. The molecule has 4 rings (SSSR count). The van der Waals surface area contributed by atoms with Gasteiger partial charge in [0.1, 0.15) is 5.75 Å². The summed E-state index contributed by atoms with van der Waals surface area (Å²) >= 11 is 1.22. The lowest BCUT2D eigenvalue weighted by molar-refractivity contribution is -0.116. The van der Waals surface area contributed by atoms with Crippen molar-refractivity contribution in [2.45, 2.75) is 32.0 Å². The van der Waals surface area contributed by atoms with Crippen LogP contribution in [0, 0.1) is 0 Å². The standard InChI is InChI=1S/C27H28N4O3S/c1-4-33-24-13-9-8-12-23(24)26-29-30-27(34-26)35-18-25(32)31(19(2)3)22-16-14-21(15-17-22)28-20-10-6-5-7-11-20/h5-17,19,28H,4,18H2,1-3H3. The van der Waals surface area contributed by atoms with Gasteiger partial charge in [0, 0.05) is 23.1 Å². The minimum Gasteiger partial charge on any atom is -0.493 e. The van der Waals surface area contributed by atoms with Crippen molar-refractivity contribution < 1.29 is 13.9 Å². The third-order valence-electron chi connectivity index (χ3n) is 5.14. The number of amides is 1. The summed E-state index contributed by atoms with van der Waals surface area (Å²) in [6.07, 6.45) is 0. The van der Waals surface area contributed by atoms with Gasteiger partial charge in [-0.1, -0.05) is 42.1 Å². The molecule has 4 aromatic rings. The number of thioether (sulfide) groups is 1. The van der Waals surface area contributed by atoms with E-state index in [4.69, 9.17) is 9.15 Å². The number of carbonyl (C=O) groups is 1. The van der Waals surface area contributed by atoms with Crippen LogP contribution in [-0.4, -0.2) is 34.5 Å². The smallest absolute Gasteiger partial charge is 0.277 e. The molecule has 0 spiro atoms. The molecule has 1 aromatic heterocycles. The summed E-state index contributed by atoms with van der Waals surface area (Å²) < 4.78 is 11.5. The maximum Gasteiger partial charge on any atom is 0.277 e. The van der Waals surface area contributed by atoms with E-state index in [1.165, 1.54) is 11.8 Å². The van der Waals surface area contributed by atoms with Gasteiger partial charge in [-0.25, -0.2) is 0 Å². The number of anilines is 3. The van der Waals surface area contributed by atoms with Gasteiger partial charge in [0.15, 0.2) is 0 Å². The third-order valence-corrected chi connectivity index (χ3v) is 5.94. The number of carbonyl (C=O) groups excluding carboxylic acids is 1. The Bertz CT molecular complexity index is 1240. The second-order valence-corrected chi connectivity index (χ2v) is 8.91. The van der Waals surface area contributed by atoms with Crippen LogP contribution in [0.2, 0.25) is 0 Å². The summed E-state index contributed by atoms with van der Waals surface area (Å²) in [5.41, 5.74) is 3.53. The Morgan fingerprint density at radius 2 is 1.66 bits per heavy atom. The maximum absolute atomic E-state index is 13.1. The summed E-state index contributed by atoms with van der Waals surface area (Å²) in [6.45, 7) is 6.45. The van der Waals surface area contributed by atoms with E-state index in [-0.39, 0.29) is 17.7 Å². The largest absolute Gasteiger partial charge is 0.493 e. The van der Waals surface area contributed by atoms with Gasteiger partial charge in [-0.2, -0.15) is 0 Å². The van der Waals surface area contributed by atoms with Crippen molar-refractivity contribution in [2.75, 3.05) is 22.6 Å². The predicted molar refractivity (Wildman–Crippen MR) is 140 cm³/mol. The van der Waals surface area contributed by atoms with Crippen molar-refractivity contribution in [3.63, 3.8) is 0 Å². The zero-order valence-corrected chi connectivity index (χ0v) is 20.8. The van der Waals surface area contributed by atoms with Crippen molar-refractivity contribution in [3.8, 4) is 17.2 Å². The minimum absolute atomic E-state index is 0.00708. The van der Waals surface area contributed by atoms with Crippen LogP contribution in [0.15, 0.2) is 88.5 Å². The molecule has 7 nitrogen and oxygen atoms in total. The number of hydrogen-bond donors (Lipinski definition) is 1. The molecule has 1 N–H and O–H groups in total. The molecule has 1 heterocycles. The van der Waals surface area contributed by atoms with Crippen LogP contribution < -0.4 is 15.0 Å². The van der Waals surface area contributed by atoms with Crippen molar-refractivity contribution in [1.82, 2.24) is 10.2 Å². The fraction of sp³-hybridized carbons (Fsp3) is 0.222. The number of rotatable bonds is 10. The van der Waals surface area contributed by atoms with Gasteiger partial charge >= 0.3 is 0 Å². The van der Waals surface area contributed by atoms with Gasteiger partial charge in [-0.05, 0) is 69.3 Å². The lowest BCUT2D eigenvalue weighted by Crippen LogP contribution is -2.38. The van der Waals surface area contributed by atoms with E-state index in [1.807, 2.05) is 99.6 Å². The lowest BCUT2D eigenvalue weighted by Gasteiger charge is -2.27. The lowest BCUT2D eigenvalue weighted by atomic mass is 10.2. The molecule has 1 amide bonds. The van der Waals surface area contributed by atoms with E-state index >= 15 is 0 Å². The van der Waals surface area contributed by atoms with Crippen LogP contribution in [-0.2, 0) is 4.79 Å². The zero-order valence-electron chi connectivity index (χ0n) is 20.0. The Balaban J connectivity index is 1.41. The number of benzene rings is 3. The van der Waals surface area contributed by atoms with Crippen LogP contribution >= 0.6 is 11.8 Å². The van der Waals surface area contributed by atoms with Crippen molar-refractivity contribution in [2.24, 2.45) is 0 Å². The summed E-state index contributed by atoms with van der Waals surface area (Å²) in [6, 6.07) is 25.3. The fourth-order valence-corrected chi connectivity index (χ4v) is 4.24. The molecular formula is C27H28N4O3S. The number of hydrogen-bond acceptors (Lipinski definition) is 7. The summed E-state index contributed by atoms with van der Waals surface area (Å²) in [5.74, 6) is 1.19. The van der Waals surface area contributed by atoms with E-state index in [9.17, 15) is 4.79 Å². The molecule has 0 aliphatic carbocycles. The van der Waals surface area contributed by atoms with Crippen molar-refractivity contribution in [1.29, 1.82) is 0 Å². The van der Waals surface area contributed by atoms with Gasteiger partial charge in [0.25, 0.3) is 11.1 Å². The highest BCUT2D eigenvalue weighted by molar-refractivity contribution is 7.99. The van der Waals surface area contributed by atoms with E-state index < -0.39 is 0 Å². The van der Waals surface area contributed by atoms with Gasteiger partial charge in [0.2, 0.25) is 5.91 Å². The van der Waals surface area contributed by atoms with Gasteiger partial charge in [-0.3, -0.25) is 4.79 Å². The Labute approximate surface area is 209 Å². The van der Waals surface area contributed by atoms with Crippen molar-refractivity contribution >= 4 is 34.7 Å². The predicted octanol–water partition coefficient (Wildman–Crippen LogP) is 6.41. The summed E-state index contributed by atoms with van der Waals surface area (Å²) in [7, 11) is 0. The first-order valence-corrected chi connectivity index (χ1v) is 12.5. The highest BCUT2D eigenvalue weighted by atomic mass is 32.2. The Morgan fingerprint density at radius 1 is 0.971 bits per heavy atom. The minimum atomic E-state index is -0.0387. The number of nitrogens with one attached hydrogen (secondary N) is 1. The van der Waals surface area contributed by atoms with Gasteiger partial charge in [0.05, 0.1) is 17.9 Å². The highest BCUT2D eigenvalue weighted by Gasteiger charge is 2.21. The summed E-state index contributed by atoms with van der Waals surface area (Å²) in [4.78, 5) is 14.9. The highest BCUT2D eigenvalue weighted by Crippen LogP contribution is 2.31. The number of ether oxygens (including phenoxy) is 1. The monoisotopic (exact) mass is 488 g/mol. The molecule has 0 fully saturated rings. The van der Waals surface area contributed by atoms with Crippen molar-refractivity contribution in [3.05, 3.63) is 78.9 Å². The first kappa shape index (κ1) is 24.3. The second-order valence-electron chi connectivity index (χ2n) is 7.99. The van der Waals surface area contributed by atoms with Crippen LogP contribution in [0.3, 0.4) is 0 Å². The molecule has 0 saturated heterocycles. The molecule has 0 radical (unpaired) electrons. The molecule has 3 aromatic carbocycles. The first-order valence-electron chi connectivity index (χ1n) is 11.5. The number of para-hydroxylation sites is 2. The average molecular weight is 489 g/mol. The molecule has 0 aliphatic heterocycles.